The average Bonchev–Trinajstić information content (AvgIpc) is 2.90. The fraction of sp³-hybridized carbons (Fsp3) is 0.125. The summed E-state index contributed by atoms with van der Waals surface area (Å²) in [5.74, 6) is 0. The monoisotopic (exact) mass is 350 g/mol. The number of imidazole rings is 1. The first kappa shape index (κ1) is 16.1. The molecule has 3 aromatic rings. The SMILES string of the molecule is N#Cc1c(-c2ccc(N)c(Cl)c2)ccn2c(CC(F)(F)F)cnc12. The van der Waals surface area contributed by atoms with Crippen LogP contribution < -0.4 is 5.73 Å². The van der Waals surface area contributed by atoms with Crippen LogP contribution in [0.25, 0.3) is 16.8 Å². The molecule has 8 heteroatoms. The molecule has 3 rings (SSSR count). The summed E-state index contributed by atoms with van der Waals surface area (Å²) in [6, 6.07) is 8.46. The molecule has 0 bridgehead atoms. The fourth-order valence-electron chi connectivity index (χ4n) is 2.48. The minimum atomic E-state index is -4.36. The average molecular weight is 351 g/mol. The number of fused-ring (bicyclic) bond motifs is 1. The largest absolute Gasteiger partial charge is 0.398 e. The molecule has 0 amide bonds. The van der Waals surface area contributed by atoms with Gasteiger partial charge in [-0.15, -0.1) is 0 Å². The third-order valence-electron chi connectivity index (χ3n) is 3.56. The number of rotatable bonds is 2. The zero-order valence-electron chi connectivity index (χ0n) is 12.1. The number of aromatic nitrogens is 2. The molecule has 0 fully saturated rings. The Bertz CT molecular complexity index is 970. The zero-order valence-corrected chi connectivity index (χ0v) is 12.9. The van der Waals surface area contributed by atoms with Crippen molar-refractivity contribution in [1.82, 2.24) is 9.38 Å². The number of nitrogen functional groups attached to an aromatic ring is 1. The number of halogens is 4. The van der Waals surface area contributed by atoms with Crippen LogP contribution in [-0.2, 0) is 6.42 Å². The first-order valence-corrected chi connectivity index (χ1v) is 7.19. The Morgan fingerprint density at radius 3 is 2.67 bits per heavy atom. The van der Waals surface area contributed by atoms with Gasteiger partial charge in [-0.2, -0.15) is 18.4 Å². The molecule has 4 nitrogen and oxygen atoms in total. The first-order valence-electron chi connectivity index (χ1n) is 6.81. The molecule has 0 saturated carbocycles. The van der Waals surface area contributed by atoms with E-state index in [2.05, 4.69) is 4.98 Å². The molecule has 0 aliphatic heterocycles. The molecule has 0 unspecified atom stereocenters. The second-order valence-electron chi connectivity index (χ2n) is 5.19. The number of hydrogen-bond donors (Lipinski definition) is 1. The molecule has 0 atom stereocenters. The van der Waals surface area contributed by atoms with Gasteiger partial charge in [-0.25, -0.2) is 4.98 Å². The highest BCUT2D eigenvalue weighted by Crippen LogP contribution is 2.31. The van der Waals surface area contributed by atoms with Crippen molar-refractivity contribution < 1.29 is 13.2 Å². The van der Waals surface area contributed by atoms with Gasteiger partial charge in [-0.05, 0) is 23.8 Å². The van der Waals surface area contributed by atoms with Crippen LogP contribution in [0, 0.1) is 11.3 Å². The maximum Gasteiger partial charge on any atom is 0.394 e. The lowest BCUT2D eigenvalue weighted by molar-refractivity contribution is -0.127. The minimum Gasteiger partial charge on any atom is -0.398 e. The summed E-state index contributed by atoms with van der Waals surface area (Å²) in [7, 11) is 0. The van der Waals surface area contributed by atoms with Crippen LogP contribution in [0.2, 0.25) is 5.02 Å². The van der Waals surface area contributed by atoms with Crippen LogP contribution >= 0.6 is 11.6 Å². The molecule has 1 aromatic carbocycles. The van der Waals surface area contributed by atoms with Gasteiger partial charge in [0.2, 0.25) is 0 Å². The molecule has 122 valence electrons. The van der Waals surface area contributed by atoms with Gasteiger partial charge in [0.1, 0.15) is 11.6 Å². The van der Waals surface area contributed by atoms with E-state index in [0.717, 1.165) is 6.20 Å². The molecule has 2 N–H and O–H groups in total. The lowest BCUT2D eigenvalue weighted by atomic mass is 10.0. The maximum absolute atomic E-state index is 12.6. The van der Waals surface area contributed by atoms with Gasteiger partial charge in [-0.3, -0.25) is 0 Å². The summed E-state index contributed by atoms with van der Waals surface area (Å²) in [5, 5.41) is 9.79. The molecular weight excluding hydrogens is 341 g/mol. The van der Waals surface area contributed by atoms with Crippen LogP contribution in [0.1, 0.15) is 11.3 Å². The third-order valence-corrected chi connectivity index (χ3v) is 3.89. The van der Waals surface area contributed by atoms with Gasteiger partial charge in [0, 0.05) is 18.0 Å². The Hall–Kier alpha value is -2.72. The Morgan fingerprint density at radius 2 is 2.04 bits per heavy atom. The number of nitrogens with zero attached hydrogens (tertiary/aromatic N) is 3. The van der Waals surface area contributed by atoms with E-state index in [9.17, 15) is 18.4 Å². The molecule has 0 aliphatic rings. The van der Waals surface area contributed by atoms with Crippen LogP contribution in [0.4, 0.5) is 18.9 Å². The van der Waals surface area contributed by atoms with E-state index < -0.39 is 12.6 Å². The molecule has 0 spiro atoms. The predicted molar refractivity (Wildman–Crippen MR) is 84.5 cm³/mol. The standard InChI is InChI=1S/C16H10ClF3N4/c17-13-5-9(1-2-14(13)22)11-3-4-24-10(6-16(18,19)20)8-23-15(24)12(11)7-21/h1-5,8H,6,22H2. The highest BCUT2D eigenvalue weighted by atomic mass is 35.5. The Morgan fingerprint density at radius 1 is 1.29 bits per heavy atom. The number of hydrogen-bond acceptors (Lipinski definition) is 3. The summed E-state index contributed by atoms with van der Waals surface area (Å²) in [6.45, 7) is 0. The van der Waals surface area contributed by atoms with Gasteiger partial charge >= 0.3 is 6.18 Å². The number of nitrogens with two attached hydrogens (primary N) is 1. The second kappa shape index (κ2) is 5.73. The van der Waals surface area contributed by atoms with Crippen LogP contribution in [0.5, 0.6) is 0 Å². The van der Waals surface area contributed by atoms with Crippen LogP contribution in [0.15, 0.2) is 36.7 Å². The van der Waals surface area contributed by atoms with Crippen molar-refractivity contribution >= 4 is 22.9 Å². The summed E-state index contributed by atoms with van der Waals surface area (Å²) >= 11 is 6.00. The number of benzene rings is 1. The minimum absolute atomic E-state index is 0.0316. The molecule has 0 aliphatic carbocycles. The van der Waals surface area contributed by atoms with Gasteiger partial charge in [-0.1, -0.05) is 17.7 Å². The molecular formula is C16H10ClF3N4. The van der Waals surface area contributed by atoms with E-state index in [1.54, 1.807) is 24.3 Å². The molecule has 0 saturated heterocycles. The van der Waals surface area contributed by atoms with Crippen molar-refractivity contribution in [2.45, 2.75) is 12.6 Å². The van der Waals surface area contributed by atoms with E-state index in [1.165, 1.54) is 10.6 Å². The Kier molecular flexibility index (Phi) is 3.85. The summed E-state index contributed by atoms with van der Waals surface area (Å²) < 4.78 is 39.1. The second-order valence-corrected chi connectivity index (χ2v) is 5.59. The highest BCUT2D eigenvalue weighted by molar-refractivity contribution is 6.33. The van der Waals surface area contributed by atoms with Crippen molar-refractivity contribution in [3.63, 3.8) is 0 Å². The van der Waals surface area contributed by atoms with Gasteiger partial charge in [0.05, 0.1) is 22.8 Å². The van der Waals surface area contributed by atoms with Gasteiger partial charge in [0.25, 0.3) is 0 Å². The first-order chi connectivity index (χ1) is 11.3. The van der Waals surface area contributed by atoms with Crippen molar-refractivity contribution in [2.24, 2.45) is 0 Å². The van der Waals surface area contributed by atoms with E-state index in [0.29, 0.717) is 21.8 Å². The topological polar surface area (TPSA) is 67.1 Å². The highest BCUT2D eigenvalue weighted by Gasteiger charge is 2.29. The van der Waals surface area contributed by atoms with E-state index in [1.807, 2.05) is 6.07 Å². The third kappa shape index (κ3) is 2.88. The molecule has 2 aromatic heterocycles. The number of nitriles is 1. The number of pyridine rings is 1. The smallest absolute Gasteiger partial charge is 0.394 e. The van der Waals surface area contributed by atoms with Crippen LogP contribution in [-0.4, -0.2) is 15.6 Å². The predicted octanol–water partition coefficient (Wildman–Crippen LogP) is 4.21. The van der Waals surface area contributed by atoms with Gasteiger partial charge in [0.15, 0.2) is 5.65 Å². The molecule has 2 heterocycles. The van der Waals surface area contributed by atoms with Gasteiger partial charge < -0.3 is 10.1 Å². The lowest BCUT2D eigenvalue weighted by Gasteiger charge is -2.10. The van der Waals surface area contributed by atoms with Crippen molar-refractivity contribution in [3.8, 4) is 17.2 Å². The van der Waals surface area contributed by atoms with E-state index >= 15 is 0 Å². The zero-order chi connectivity index (χ0) is 17.5. The normalized spacial score (nSPS) is 11.6. The summed E-state index contributed by atoms with van der Waals surface area (Å²) in [5.41, 5.74) is 7.53. The summed E-state index contributed by atoms with van der Waals surface area (Å²) in [6.07, 6.45) is -2.88. The number of alkyl halides is 3. The molecule has 24 heavy (non-hydrogen) atoms. The lowest BCUT2D eigenvalue weighted by Crippen LogP contribution is -2.13. The van der Waals surface area contributed by atoms with Crippen LogP contribution in [0.3, 0.4) is 0 Å². The van der Waals surface area contributed by atoms with E-state index in [-0.39, 0.29) is 16.9 Å². The quantitative estimate of drug-likeness (QED) is 0.704. The molecule has 0 radical (unpaired) electrons. The van der Waals surface area contributed by atoms with E-state index in [4.69, 9.17) is 17.3 Å². The van der Waals surface area contributed by atoms with Crippen molar-refractivity contribution in [2.75, 3.05) is 5.73 Å². The number of anilines is 1. The summed E-state index contributed by atoms with van der Waals surface area (Å²) in [4.78, 5) is 3.98. The Labute approximate surface area is 139 Å². The Balaban J connectivity index is 2.18. The maximum atomic E-state index is 12.6. The van der Waals surface area contributed by atoms with Crippen molar-refractivity contribution in [1.29, 1.82) is 5.26 Å². The fourth-order valence-corrected chi connectivity index (χ4v) is 2.66. The van der Waals surface area contributed by atoms with Crippen molar-refractivity contribution in [3.05, 3.63) is 52.9 Å².